The smallest absolute Gasteiger partial charge is 0.330 e. The summed E-state index contributed by atoms with van der Waals surface area (Å²) in [6.45, 7) is 5.99. The number of carbonyl (C=O) groups excluding carboxylic acids is 1. The normalized spacial score (nSPS) is 10.4. The lowest BCUT2D eigenvalue weighted by Gasteiger charge is -1.98. The molecule has 0 bridgehead atoms. The molecule has 14 heavy (non-hydrogen) atoms. The second-order valence-electron chi connectivity index (χ2n) is 3.13. The van der Waals surface area contributed by atoms with Gasteiger partial charge in [0.15, 0.2) is 0 Å². The van der Waals surface area contributed by atoms with E-state index >= 15 is 0 Å². The van der Waals surface area contributed by atoms with Crippen molar-refractivity contribution in [1.82, 2.24) is 0 Å². The predicted molar refractivity (Wildman–Crippen MR) is 59.1 cm³/mol. The van der Waals surface area contributed by atoms with Gasteiger partial charge in [-0.3, -0.25) is 0 Å². The highest BCUT2D eigenvalue weighted by molar-refractivity contribution is 5.81. The lowest BCUT2D eigenvalue weighted by Crippen LogP contribution is -2.00. The van der Waals surface area contributed by atoms with Crippen molar-refractivity contribution in [3.63, 3.8) is 0 Å². The predicted octanol–water partition coefficient (Wildman–Crippen LogP) is 3.24. The summed E-state index contributed by atoms with van der Waals surface area (Å²) in [5.41, 5.74) is 0. The number of allylic oxidation sites excluding steroid dienone is 2. The zero-order valence-corrected chi connectivity index (χ0v) is 9.00. The molecule has 0 N–H and O–H groups in total. The number of hydrogen-bond donors (Lipinski definition) is 0. The highest BCUT2D eigenvalue weighted by Crippen LogP contribution is 1.98. The number of unbranched alkanes of at least 4 members (excludes halogenated alkanes) is 3. The highest BCUT2D eigenvalue weighted by atomic mass is 16.5. The minimum Gasteiger partial charge on any atom is -0.463 e. The van der Waals surface area contributed by atoms with Crippen molar-refractivity contribution < 1.29 is 9.53 Å². The molecule has 2 nitrogen and oxygen atoms in total. The molecule has 0 aromatic carbocycles. The SMILES string of the molecule is C=CC(=O)OCCC/C=C/CCCC. The number of carbonyl (C=O) groups is 1. The van der Waals surface area contributed by atoms with Gasteiger partial charge >= 0.3 is 5.97 Å². The van der Waals surface area contributed by atoms with Gasteiger partial charge in [-0.25, -0.2) is 4.79 Å². The van der Waals surface area contributed by atoms with Crippen LogP contribution in [-0.2, 0) is 9.53 Å². The summed E-state index contributed by atoms with van der Waals surface area (Å²) in [6.07, 6.45) is 11.1. The molecule has 0 aliphatic heterocycles. The number of ether oxygens (including phenoxy) is 1. The fourth-order valence-corrected chi connectivity index (χ4v) is 0.991. The molecule has 0 amide bonds. The van der Waals surface area contributed by atoms with Gasteiger partial charge in [0.1, 0.15) is 0 Å². The van der Waals surface area contributed by atoms with Gasteiger partial charge < -0.3 is 4.74 Å². The third-order valence-electron chi connectivity index (χ3n) is 1.82. The van der Waals surface area contributed by atoms with Crippen molar-refractivity contribution in [2.24, 2.45) is 0 Å². The molecule has 0 radical (unpaired) electrons. The average molecular weight is 196 g/mol. The van der Waals surface area contributed by atoms with Gasteiger partial charge in [-0.15, -0.1) is 0 Å². The van der Waals surface area contributed by atoms with Crippen molar-refractivity contribution in [2.45, 2.75) is 39.0 Å². The van der Waals surface area contributed by atoms with Crippen molar-refractivity contribution in [3.8, 4) is 0 Å². The molecule has 0 rings (SSSR count). The summed E-state index contributed by atoms with van der Waals surface area (Å²) in [5, 5.41) is 0. The molecule has 0 heterocycles. The summed E-state index contributed by atoms with van der Waals surface area (Å²) in [4.78, 5) is 10.6. The Bertz CT molecular complexity index is 183. The Labute approximate surface area is 86.6 Å². The highest BCUT2D eigenvalue weighted by Gasteiger charge is 1.92. The van der Waals surface area contributed by atoms with Gasteiger partial charge in [0.2, 0.25) is 0 Å². The second-order valence-corrected chi connectivity index (χ2v) is 3.13. The molecule has 0 atom stereocenters. The van der Waals surface area contributed by atoms with E-state index in [1.807, 2.05) is 0 Å². The first-order valence-corrected chi connectivity index (χ1v) is 5.25. The first-order chi connectivity index (χ1) is 6.81. The molecular formula is C12H20O2. The minimum atomic E-state index is -0.333. The van der Waals surface area contributed by atoms with Gasteiger partial charge in [-0.2, -0.15) is 0 Å². The van der Waals surface area contributed by atoms with Gasteiger partial charge in [-0.05, 0) is 19.3 Å². The maximum absolute atomic E-state index is 10.6. The summed E-state index contributed by atoms with van der Waals surface area (Å²) in [5.74, 6) is -0.333. The zero-order valence-electron chi connectivity index (χ0n) is 9.00. The maximum atomic E-state index is 10.6. The molecule has 0 unspecified atom stereocenters. The van der Waals surface area contributed by atoms with Crippen molar-refractivity contribution in [2.75, 3.05) is 6.61 Å². The fraction of sp³-hybridized carbons (Fsp3) is 0.583. The zero-order chi connectivity index (χ0) is 10.6. The molecule has 0 saturated heterocycles. The van der Waals surface area contributed by atoms with Crippen LogP contribution in [0, 0.1) is 0 Å². The van der Waals surface area contributed by atoms with Gasteiger partial charge in [0.05, 0.1) is 6.61 Å². The van der Waals surface area contributed by atoms with E-state index in [-0.39, 0.29) is 5.97 Å². The van der Waals surface area contributed by atoms with Crippen LogP contribution in [0.4, 0.5) is 0 Å². The van der Waals surface area contributed by atoms with E-state index in [0.29, 0.717) is 6.61 Å². The largest absolute Gasteiger partial charge is 0.463 e. The van der Waals surface area contributed by atoms with E-state index in [1.165, 1.54) is 18.9 Å². The minimum absolute atomic E-state index is 0.333. The Kier molecular flexibility index (Phi) is 9.28. The number of hydrogen-bond acceptors (Lipinski definition) is 2. The van der Waals surface area contributed by atoms with Crippen LogP contribution in [0.25, 0.3) is 0 Å². The lowest BCUT2D eigenvalue weighted by atomic mass is 10.2. The van der Waals surface area contributed by atoms with Gasteiger partial charge in [0.25, 0.3) is 0 Å². The molecule has 0 aliphatic rings. The van der Waals surface area contributed by atoms with Crippen LogP contribution in [-0.4, -0.2) is 12.6 Å². The number of rotatable bonds is 8. The van der Waals surface area contributed by atoms with Crippen LogP contribution in [0.15, 0.2) is 24.8 Å². The molecule has 0 spiro atoms. The van der Waals surface area contributed by atoms with Gasteiger partial charge in [-0.1, -0.05) is 38.5 Å². The van der Waals surface area contributed by atoms with Crippen LogP contribution >= 0.6 is 0 Å². The second kappa shape index (κ2) is 10.0. The fourth-order valence-electron chi connectivity index (χ4n) is 0.991. The van der Waals surface area contributed by atoms with Crippen molar-refractivity contribution in [1.29, 1.82) is 0 Å². The third-order valence-corrected chi connectivity index (χ3v) is 1.82. The van der Waals surface area contributed by atoms with Crippen LogP contribution in [0.5, 0.6) is 0 Å². The summed E-state index contributed by atoms with van der Waals surface area (Å²) in [7, 11) is 0. The monoisotopic (exact) mass is 196 g/mol. The third kappa shape index (κ3) is 9.04. The lowest BCUT2D eigenvalue weighted by molar-refractivity contribution is -0.137. The van der Waals surface area contributed by atoms with E-state index in [2.05, 4.69) is 25.7 Å². The Morgan fingerprint density at radius 3 is 2.50 bits per heavy atom. The summed E-state index contributed by atoms with van der Waals surface area (Å²) < 4.78 is 4.83. The molecule has 0 aliphatic carbocycles. The topological polar surface area (TPSA) is 26.3 Å². The summed E-state index contributed by atoms with van der Waals surface area (Å²) >= 11 is 0. The molecule has 0 fully saturated rings. The first-order valence-electron chi connectivity index (χ1n) is 5.25. The summed E-state index contributed by atoms with van der Waals surface area (Å²) in [6, 6.07) is 0. The Hall–Kier alpha value is -1.05. The molecular weight excluding hydrogens is 176 g/mol. The number of esters is 1. The Morgan fingerprint density at radius 1 is 1.29 bits per heavy atom. The Morgan fingerprint density at radius 2 is 1.93 bits per heavy atom. The quantitative estimate of drug-likeness (QED) is 0.258. The standard InChI is InChI=1S/C12H20O2/c1-3-5-6-7-8-9-10-11-14-12(13)4-2/h4,7-8H,2-3,5-6,9-11H2,1H3/b8-7+. The van der Waals surface area contributed by atoms with E-state index in [4.69, 9.17) is 4.74 Å². The van der Waals surface area contributed by atoms with E-state index in [1.54, 1.807) is 0 Å². The molecule has 0 aromatic rings. The average Bonchev–Trinajstić information content (AvgIpc) is 2.21. The van der Waals surface area contributed by atoms with E-state index < -0.39 is 0 Å². The van der Waals surface area contributed by atoms with Crippen LogP contribution in [0.2, 0.25) is 0 Å². The van der Waals surface area contributed by atoms with Crippen molar-refractivity contribution in [3.05, 3.63) is 24.8 Å². The first kappa shape index (κ1) is 12.9. The van der Waals surface area contributed by atoms with Crippen LogP contribution in [0.3, 0.4) is 0 Å². The van der Waals surface area contributed by atoms with E-state index in [9.17, 15) is 4.79 Å². The molecule has 2 heteroatoms. The van der Waals surface area contributed by atoms with Gasteiger partial charge in [0, 0.05) is 6.08 Å². The maximum Gasteiger partial charge on any atom is 0.330 e. The Balaban J connectivity index is 3.16. The van der Waals surface area contributed by atoms with E-state index in [0.717, 1.165) is 19.3 Å². The van der Waals surface area contributed by atoms with Crippen LogP contribution in [0.1, 0.15) is 39.0 Å². The molecule has 80 valence electrons. The van der Waals surface area contributed by atoms with Crippen LogP contribution < -0.4 is 0 Å². The van der Waals surface area contributed by atoms with Crippen molar-refractivity contribution >= 4 is 5.97 Å². The molecule has 0 saturated carbocycles. The molecule has 0 aromatic heterocycles.